The van der Waals surface area contributed by atoms with E-state index in [-0.39, 0.29) is 0 Å². The third kappa shape index (κ3) is 3.01. The molecule has 194 valence electrons. The van der Waals surface area contributed by atoms with Crippen molar-refractivity contribution in [3.63, 3.8) is 0 Å². The quantitative estimate of drug-likeness (QED) is 0.118. The highest BCUT2D eigenvalue weighted by molar-refractivity contribution is 8.77. The summed E-state index contributed by atoms with van der Waals surface area (Å²) < 4.78 is 0. The highest BCUT2D eigenvalue weighted by Crippen LogP contribution is 2.52. The minimum Gasteiger partial charge on any atom is -0.0616 e. The van der Waals surface area contributed by atoms with Gasteiger partial charge in [0.15, 0.2) is 0 Å². The van der Waals surface area contributed by atoms with E-state index in [1.165, 1.54) is 96.0 Å². The number of benzene rings is 10. The summed E-state index contributed by atoms with van der Waals surface area (Å²) >= 11 is 0. The van der Waals surface area contributed by atoms with Crippen molar-refractivity contribution in [2.45, 2.75) is 9.79 Å². The van der Waals surface area contributed by atoms with E-state index >= 15 is 0 Å². The van der Waals surface area contributed by atoms with Crippen molar-refractivity contribution in [2.75, 3.05) is 0 Å². The van der Waals surface area contributed by atoms with Crippen LogP contribution in [0.3, 0.4) is 0 Å². The molecule has 0 radical (unpaired) electrons. The van der Waals surface area contributed by atoms with Gasteiger partial charge < -0.3 is 0 Å². The van der Waals surface area contributed by atoms with Gasteiger partial charge in [-0.2, -0.15) is 0 Å². The monoisotopic (exact) mass is 566 g/mol. The summed E-state index contributed by atoms with van der Waals surface area (Å²) in [5.74, 6) is 0. The lowest BCUT2D eigenvalue weighted by Crippen LogP contribution is -1.89. The van der Waals surface area contributed by atoms with Gasteiger partial charge in [-0.25, -0.2) is 0 Å². The molecule has 0 bridgehead atoms. The van der Waals surface area contributed by atoms with Crippen LogP contribution in [0.5, 0.6) is 0 Å². The fraction of sp³-hybridized carbons (Fsp3) is 0. The third-order valence-corrected chi connectivity index (χ3v) is 11.7. The summed E-state index contributed by atoms with van der Waals surface area (Å²) in [6.45, 7) is 0. The third-order valence-electron chi connectivity index (χ3n) is 9.17. The number of hydrogen-bond acceptors (Lipinski definition) is 2. The van der Waals surface area contributed by atoms with Gasteiger partial charge >= 0.3 is 0 Å². The van der Waals surface area contributed by atoms with Crippen molar-refractivity contribution in [3.8, 4) is 0 Å². The average Bonchev–Trinajstić information content (AvgIpc) is 3.05. The predicted octanol–water partition coefficient (Wildman–Crippen LogP) is 12.6. The van der Waals surface area contributed by atoms with Crippen LogP contribution in [0.15, 0.2) is 143 Å². The SMILES string of the molecule is c1cc2ccc3c(SSc4c5ccccc5c5ccc6cccc7ccc4c5c76)c4ccccc4c4ccc(c1)c2c34. The molecule has 42 heavy (non-hydrogen) atoms. The highest BCUT2D eigenvalue weighted by atomic mass is 33.1. The Hall–Kier alpha value is -4.50. The largest absolute Gasteiger partial charge is 0.0616 e. The average molecular weight is 567 g/mol. The Kier molecular flexibility index (Phi) is 4.68. The summed E-state index contributed by atoms with van der Waals surface area (Å²) in [6.07, 6.45) is 0. The molecule has 0 aromatic heterocycles. The molecule has 0 spiro atoms. The Labute approximate surface area is 250 Å². The van der Waals surface area contributed by atoms with Gasteiger partial charge in [0, 0.05) is 9.79 Å². The van der Waals surface area contributed by atoms with Crippen LogP contribution in [0.25, 0.3) is 86.2 Å². The van der Waals surface area contributed by atoms with Crippen molar-refractivity contribution in [3.05, 3.63) is 133 Å². The minimum atomic E-state index is 1.31. The molecule has 0 aliphatic heterocycles. The van der Waals surface area contributed by atoms with Gasteiger partial charge in [0.1, 0.15) is 0 Å². The molecule has 10 aromatic rings. The molecule has 0 aliphatic rings. The van der Waals surface area contributed by atoms with Gasteiger partial charge in [-0.1, -0.05) is 155 Å². The zero-order chi connectivity index (χ0) is 27.4. The molecule has 0 aliphatic carbocycles. The first kappa shape index (κ1) is 23.1. The molecule has 0 atom stereocenters. The first-order valence-electron chi connectivity index (χ1n) is 14.4. The predicted molar refractivity (Wildman–Crippen MR) is 187 cm³/mol. The van der Waals surface area contributed by atoms with Gasteiger partial charge in [-0.3, -0.25) is 0 Å². The van der Waals surface area contributed by atoms with Gasteiger partial charge in [-0.15, -0.1) is 0 Å². The number of fused-ring (bicyclic) bond motifs is 4. The second-order valence-electron chi connectivity index (χ2n) is 11.3. The molecule has 0 fully saturated rings. The Morgan fingerprint density at radius 1 is 0.238 bits per heavy atom. The molecule has 0 saturated heterocycles. The fourth-order valence-corrected chi connectivity index (χ4v) is 10.2. The first-order chi connectivity index (χ1) is 20.8. The fourth-order valence-electron chi connectivity index (χ4n) is 7.38. The van der Waals surface area contributed by atoms with Crippen molar-refractivity contribution in [2.24, 2.45) is 0 Å². The van der Waals surface area contributed by atoms with Gasteiger partial charge in [0.05, 0.1) is 0 Å². The van der Waals surface area contributed by atoms with Crippen LogP contribution in [0.2, 0.25) is 0 Å². The van der Waals surface area contributed by atoms with E-state index in [1.54, 1.807) is 0 Å². The molecule has 0 amide bonds. The molecule has 0 saturated carbocycles. The van der Waals surface area contributed by atoms with E-state index in [2.05, 4.69) is 133 Å². The van der Waals surface area contributed by atoms with Gasteiger partial charge in [-0.05, 0) is 86.2 Å². The molecule has 0 nitrogen and oxygen atoms in total. The molecule has 0 N–H and O–H groups in total. The normalized spacial score (nSPS) is 12.5. The van der Waals surface area contributed by atoms with E-state index in [4.69, 9.17) is 0 Å². The summed E-state index contributed by atoms with van der Waals surface area (Å²) in [4.78, 5) is 2.69. The maximum absolute atomic E-state index is 2.35. The molecule has 2 heteroatoms. The van der Waals surface area contributed by atoms with Crippen LogP contribution in [0.1, 0.15) is 0 Å². The Morgan fingerprint density at radius 3 is 1.00 bits per heavy atom. The smallest absolute Gasteiger partial charge is 0.0343 e. The summed E-state index contributed by atoms with van der Waals surface area (Å²) in [5.41, 5.74) is 0. The molecule has 0 unspecified atom stereocenters. The lowest BCUT2D eigenvalue weighted by Gasteiger charge is -2.19. The van der Waals surface area contributed by atoms with Gasteiger partial charge in [0.25, 0.3) is 0 Å². The summed E-state index contributed by atoms with van der Waals surface area (Å²) in [6, 6.07) is 49.7. The van der Waals surface area contributed by atoms with Crippen LogP contribution in [0, 0.1) is 0 Å². The van der Waals surface area contributed by atoms with E-state index in [0.29, 0.717) is 0 Å². The van der Waals surface area contributed by atoms with E-state index in [9.17, 15) is 0 Å². The minimum absolute atomic E-state index is 1.31. The van der Waals surface area contributed by atoms with Crippen LogP contribution in [-0.2, 0) is 0 Å². The van der Waals surface area contributed by atoms with E-state index < -0.39 is 0 Å². The lowest BCUT2D eigenvalue weighted by molar-refractivity contribution is 1.64. The van der Waals surface area contributed by atoms with Crippen molar-refractivity contribution < 1.29 is 0 Å². The molecule has 10 rings (SSSR count). The van der Waals surface area contributed by atoms with Crippen LogP contribution in [-0.4, -0.2) is 0 Å². The summed E-state index contributed by atoms with van der Waals surface area (Å²) in [5, 5.41) is 21.4. The lowest BCUT2D eigenvalue weighted by atomic mass is 9.91. The van der Waals surface area contributed by atoms with Crippen LogP contribution in [0.4, 0.5) is 0 Å². The molecular formula is C40H22S2. The maximum atomic E-state index is 2.35. The van der Waals surface area contributed by atoms with Gasteiger partial charge in [0.2, 0.25) is 0 Å². The highest BCUT2D eigenvalue weighted by Gasteiger charge is 2.20. The zero-order valence-corrected chi connectivity index (χ0v) is 24.2. The maximum Gasteiger partial charge on any atom is 0.0343 e. The van der Waals surface area contributed by atoms with Crippen molar-refractivity contribution in [1.29, 1.82) is 0 Å². The number of rotatable bonds is 3. The van der Waals surface area contributed by atoms with Crippen LogP contribution < -0.4 is 0 Å². The van der Waals surface area contributed by atoms with Crippen molar-refractivity contribution in [1.82, 2.24) is 0 Å². The molecular weight excluding hydrogens is 545 g/mol. The van der Waals surface area contributed by atoms with Crippen molar-refractivity contribution >= 4 is 108 Å². The number of hydrogen-bond donors (Lipinski definition) is 0. The second-order valence-corrected chi connectivity index (χ2v) is 13.4. The Balaban J connectivity index is 1.27. The Bertz CT molecular complexity index is 2470. The standard InChI is InChI=1S/C40H22S2/c1-3-13-31-27(11-1)29-19-15-23-7-5-9-25-17-21-33(37(29)35(23)25)39(31)41-42-40-32-14-4-2-12-28(32)30-20-16-24-8-6-10-26-18-22-34(40)38(30)36(24)26/h1-22H. The van der Waals surface area contributed by atoms with E-state index in [0.717, 1.165) is 0 Å². The second kappa shape index (κ2) is 8.51. The summed E-state index contributed by atoms with van der Waals surface area (Å²) in [7, 11) is 3.83. The van der Waals surface area contributed by atoms with E-state index in [1.807, 2.05) is 21.6 Å². The molecule has 10 aromatic carbocycles. The molecule has 0 heterocycles. The first-order valence-corrected chi connectivity index (χ1v) is 16.5. The zero-order valence-electron chi connectivity index (χ0n) is 22.5. The topological polar surface area (TPSA) is 0 Å². The van der Waals surface area contributed by atoms with Crippen LogP contribution >= 0.6 is 21.6 Å². The Morgan fingerprint density at radius 2 is 0.595 bits per heavy atom.